The number of rotatable bonds is 4. The van der Waals surface area contributed by atoms with E-state index >= 15 is 0 Å². The summed E-state index contributed by atoms with van der Waals surface area (Å²) in [5, 5.41) is 0.559. The zero-order valence-electron chi connectivity index (χ0n) is 9.60. The molecule has 2 rings (SSSR count). The molecule has 17 heavy (non-hydrogen) atoms. The summed E-state index contributed by atoms with van der Waals surface area (Å²) in [4.78, 5) is 2.56. The third-order valence-corrected chi connectivity index (χ3v) is 5.01. The lowest BCUT2D eigenvalue weighted by Crippen LogP contribution is -2.26. The minimum absolute atomic E-state index is 0.189. The first-order chi connectivity index (χ1) is 8.08. The summed E-state index contributed by atoms with van der Waals surface area (Å²) in [6.07, 6.45) is 2.36. The van der Waals surface area contributed by atoms with E-state index in [1.165, 1.54) is 12.8 Å². The Morgan fingerprint density at radius 3 is 2.29 bits per heavy atom. The van der Waals surface area contributed by atoms with Gasteiger partial charge in [-0.1, -0.05) is 11.6 Å². The molecule has 1 aromatic carbocycles. The van der Waals surface area contributed by atoms with Crippen LogP contribution in [0.25, 0.3) is 0 Å². The van der Waals surface area contributed by atoms with E-state index in [4.69, 9.17) is 11.6 Å². The molecule has 1 aliphatic rings. The Morgan fingerprint density at radius 2 is 1.71 bits per heavy atom. The van der Waals surface area contributed by atoms with Crippen molar-refractivity contribution in [3.8, 4) is 0 Å². The van der Waals surface area contributed by atoms with Crippen molar-refractivity contribution in [1.82, 2.24) is 4.90 Å². The molecule has 1 heterocycles. The standard InChI is InChI=1S/C12H16ClNO2S/c13-11-3-5-12(6-4-11)17(15,16)10-9-14-7-1-2-8-14/h3-6H,1-2,7-10H2. The van der Waals surface area contributed by atoms with Crippen LogP contribution in [-0.2, 0) is 9.84 Å². The molecule has 0 atom stereocenters. The molecular weight excluding hydrogens is 258 g/mol. The molecule has 0 bridgehead atoms. The number of nitrogens with zero attached hydrogens (tertiary/aromatic N) is 1. The van der Waals surface area contributed by atoms with Gasteiger partial charge >= 0.3 is 0 Å². The molecule has 0 amide bonds. The van der Waals surface area contributed by atoms with Gasteiger partial charge < -0.3 is 4.90 Å². The van der Waals surface area contributed by atoms with Gasteiger partial charge in [0.1, 0.15) is 0 Å². The number of hydrogen-bond acceptors (Lipinski definition) is 3. The Kier molecular flexibility index (Phi) is 4.07. The SMILES string of the molecule is O=S(=O)(CCN1CCCC1)c1ccc(Cl)cc1. The highest BCUT2D eigenvalue weighted by Crippen LogP contribution is 2.16. The predicted octanol–water partition coefficient (Wildman–Crippen LogP) is 2.21. The van der Waals surface area contributed by atoms with Gasteiger partial charge in [0, 0.05) is 11.6 Å². The first-order valence-corrected chi connectivity index (χ1v) is 7.82. The molecule has 1 aliphatic heterocycles. The molecule has 3 nitrogen and oxygen atoms in total. The second-order valence-electron chi connectivity index (χ2n) is 4.32. The van der Waals surface area contributed by atoms with E-state index in [1.54, 1.807) is 24.3 Å². The van der Waals surface area contributed by atoms with Crippen LogP contribution in [0.15, 0.2) is 29.2 Å². The Bertz CT molecular complexity index is 464. The lowest BCUT2D eigenvalue weighted by atomic mass is 10.4. The van der Waals surface area contributed by atoms with Crippen molar-refractivity contribution in [1.29, 1.82) is 0 Å². The molecular formula is C12H16ClNO2S. The van der Waals surface area contributed by atoms with E-state index in [0.29, 0.717) is 16.5 Å². The summed E-state index contributed by atoms with van der Waals surface area (Å²) in [7, 11) is -3.16. The molecule has 0 saturated carbocycles. The van der Waals surface area contributed by atoms with E-state index in [1.807, 2.05) is 0 Å². The average Bonchev–Trinajstić information content (AvgIpc) is 2.80. The van der Waals surface area contributed by atoms with Crippen molar-refractivity contribution in [2.24, 2.45) is 0 Å². The van der Waals surface area contributed by atoms with E-state index in [9.17, 15) is 8.42 Å². The van der Waals surface area contributed by atoms with Gasteiger partial charge in [0.05, 0.1) is 10.6 Å². The summed E-state index contributed by atoms with van der Waals surface area (Å²) in [6.45, 7) is 2.68. The van der Waals surface area contributed by atoms with Crippen molar-refractivity contribution < 1.29 is 8.42 Å². The first-order valence-electron chi connectivity index (χ1n) is 5.79. The highest BCUT2D eigenvalue weighted by atomic mass is 35.5. The maximum atomic E-state index is 12.0. The van der Waals surface area contributed by atoms with Crippen LogP contribution in [-0.4, -0.2) is 38.7 Å². The summed E-state index contributed by atoms with van der Waals surface area (Å²) in [5.41, 5.74) is 0. The fraction of sp³-hybridized carbons (Fsp3) is 0.500. The summed E-state index contributed by atoms with van der Waals surface area (Å²) < 4.78 is 24.1. The van der Waals surface area contributed by atoms with Gasteiger partial charge in [-0.05, 0) is 50.2 Å². The lowest BCUT2D eigenvalue weighted by Gasteiger charge is -2.14. The second kappa shape index (κ2) is 5.38. The van der Waals surface area contributed by atoms with Crippen LogP contribution in [0.5, 0.6) is 0 Å². The molecule has 0 N–H and O–H groups in total. The van der Waals surface area contributed by atoms with Crippen LogP contribution in [0, 0.1) is 0 Å². The second-order valence-corrected chi connectivity index (χ2v) is 6.87. The normalized spacial score (nSPS) is 17.5. The van der Waals surface area contributed by atoms with Gasteiger partial charge in [-0.3, -0.25) is 0 Å². The Balaban J connectivity index is 2.00. The zero-order valence-corrected chi connectivity index (χ0v) is 11.2. The smallest absolute Gasteiger partial charge is 0.179 e. The number of likely N-dealkylation sites (tertiary alicyclic amines) is 1. The number of halogens is 1. The summed E-state index contributed by atoms with van der Waals surface area (Å²) in [5.74, 6) is 0.189. The molecule has 0 aromatic heterocycles. The topological polar surface area (TPSA) is 37.4 Å². The Labute approximate surface area is 107 Å². The summed E-state index contributed by atoms with van der Waals surface area (Å²) in [6, 6.07) is 6.37. The van der Waals surface area contributed by atoms with E-state index in [2.05, 4.69) is 4.90 Å². The van der Waals surface area contributed by atoms with Crippen molar-refractivity contribution in [2.75, 3.05) is 25.4 Å². The fourth-order valence-electron chi connectivity index (χ4n) is 2.02. The number of benzene rings is 1. The number of sulfone groups is 1. The largest absolute Gasteiger partial charge is 0.302 e. The minimum atomic E-state index is -3.16. The van der Waals surface area contributed by atoms with Crippen LogP contribution < -0.4 is 0 Å². The van der Waals surface area contributed by atoms with Gasteiger partial charge in [-0.2, -0.15) is 0 Å². The first kappa shape index (κ1) is 12.9. The van der Waals surface area contributed by atoms with Crippen LogP contribution in [0.4, 0.5) is 0 Å². The Hall–Kier alpha value is -0.580. The van der Waals surface area contributed by atoms with Crippen molar-refractivity contribution in [2.45, 2.75) is 17.7 Å². The highest BCUT2D eigenvalue weighted by molar-refractivity contribution is 7.91. The fourth-order valence-corrected chi connectivity index (χ4v) is 3.43. The van der Waals surface area contributed by atoms with E-state index in [0.717, 1.165) is 13.1 Å². The van der Waals surface area contributed by atoms with Gasteiger partial charge in [0.15, 0.2) is 9.84 Å². The summed E-state index contributed by atoms with van der Waals surface area (Å²) >= 11 is 5.74. The Morgan fingerprint density at radius 1 is 1.12 bits per heavy atom. The molecule has 0 spiro atoms. The molecule has 0 radical (unpaired) electrons. The molecule has 0 aliphatic carbocycles. The monoisotopic (exact) mass is 273 g/mol. The van der Waals surface area contributed by atoms with Crippen LogP contribution in [0.3, 0.4) is 0 Å². The van der Waals surface area contributed by atoms with Crippen molar-refractivity contribution >= 4 is 21.4 Å². The van der Waals surface area contributed by atoms with E-state index < -0.39 is 9.84 Å². The van der Waals surface area contributed by atoms with Gasteiger partial charge in [-0.25, -0.2) is 8.42 Å². The number of hydrogen-bond donors (Lipinski definition) is 0. The average molecular weight is 274 g/mol. The van der Waals surface area contributed by atoms with E-state index in [-0.39, 0.29) is 5.75 Å². The van der Waals surface area contributed by atoms with Gasteiger partial charge in [0.25, 0.3) is 0 Å². The third-order valence-electron chi connectivity index (χ3n) is 3.05. The molecule has 0 unspecified atom stereocenters. The third kappa shape index (κ3) is 3.44. The maximum absolute atomic E-state index is 12.0. The van der Waals surface area contributed by atoms with Crippen LogP contribution >= 0.6 is 11.6 Å². The van der Waals surface area contributed by atoms with Gasteiger partial charge in [0.2, 0.25) is 0 Å². The zero-order chi connectivity index (χ0) is 12.3. The molecule has 1 aromatic rings. The van der Waals surface area contributed by atoms with Crippen LogP contribution in [0.1, 0.15) is 12.8 Å². The molecule has 1 saturated heterocycles. The highest BCUT2D eigenvalue weighted by Gasteiger charge is 2.18. The lowest BCUT2D eigenvalue weighted by molar-refractivity contribution is 0.359. The van der Waals surface area contributed by atoms with Crippen molar-refractivity contribution in [3.05, 3.63) is 29.3 Å². The molecule has 5 heteroatoms. The maximum Gasteiger partial charge on any atom is 0.179 e. The van der Waals surface area contributed by atoms with Crippen LogP contribution in [0.2, 0.25) is 5.02 Å². The quantitative estimate of drug-likeness (QED) is 0.844. The molecule has 94 valence electrons. The van der Waals surface area contributed by atoms with Crippen molar-refractivity contribution in [3.63, 3.8) is 0 Å². The predicted molar refractivity (Wildman–Crippen MR) is 69.2 cm³/mol. The molecule has 1 fully saturated rings. The van der Waals surface area contributed by atoms with Gasteiger partial charge in [-0.15, -0.1) is 0 Å². The minimum Gasteiger partial charge on any atom is -0.302 e.